The number of aryl methyl sites for hydroxylation is 2. The van der Waals surface area contributed by atoms with Gasteiger partial charge in [0, 0.05) is 26.3 Å². The molecule has 0 radical (unpaired) electrons. The lowest BCUT2D eigenvalue weighted by molar-refractivity contribution is -0.116. The van der Waals surface area contributed by atoms with Crippen molar-refractivity contribution in [3.8, 4) is 0 Å². The van der Waals surface area contributed by atoms with Crippen LogP contribution in [0.5, 0.6) is 0 Å². The number of carbonyl (C=O) groups is 1. The zero-order valence-corrected chi connectivity index (χ0v) is 16.3. The molecular weight excluding hydrogens is 390 g/mol. The summed E-state index contributed by atoms with van der Waals surface area (Å²) in [5, 5.41) is 2.84. The summed E-state index contributed by atoms with van der Waals surface area (Å²) in [4.78, 5) is 24.7. The van der Waals surface area contributed by atoms with Crippen LogP contribution in [0, 0.1) is 0 Å². The monoisotopic (exact) mass is 407 g/mol. The highest BCUT2D eigenvalue weighted by Crippen LogP contribution is 2.25. The maximum atomic E-state index is 12.4. The van der Waals surface area contributed by atoms with E-state index in [4.69, 9.17) is 11.6 Å². The molecule has 1 N–H and O–H groups in total. The van der Waals surface area contributed by atoms with Crippen molar-refractivity contribution in [1.82, 2.24) is 9.13 Å². The Bertz CT molecular complexity index is 1200. The van der Waals surface area contributed by atoms with Gasteiger partial charge in [-0.1, -0.05) is 23.7 Å². The lowest BCUT2D eigenvalue weighted by Crippen LogP contribution is -2.24. The molecule has 0 spiro atoms. The molecule has 0 saturated carbocycles. The quantitative estimate of drug-likeness (QED) is 0.703. The fourth-order valence-corrected chi connectivity index (χ4v) is 3.65. The fraction of sp³-hybridized carbons (Fsp3) is 0.222. The Morgan fingerprint density at radius 3 is 2.48 bits per heavy atom. The topological polar surface area (TPSA) is 90.2 Å². The van der Waals surface area contributed by atoms with E-state index in [9.17, 15) is 18.0 Å². The van der Waals surface area contributed by atoms with E-state index in [1.165, 1.54) is 27.3 Å². The van der Waals surface area contributed by atoms with E-state index in [0.29, 0.717) is 0 Å². The highest BCUT2D eigenvalue weighted by molar-refractivity contribution is 7.90. The van der Waals surface area contributed by atoms with E-state index in [2.05, 4.69) is 5.32 Å². The molecule has 1 aromatic heterocycles. The van der Waals surface area contributed by atoms with Crippen LogP contribution in [0.4, 0.5) is 5.69 Å². The molecule has 1 amide bonds. The first-order chi connectivity index (χ1) is 12.7. The molecule has 0 bridgehead atoms. The Balaban J connectivity index is 1.79. The molecule has 3 aromatic rings. The molecule has 0 aliphatic heterocycles. The number of nitrogens with one attached hydrogen (secondary N) is 1. The number of rotatable bonds is 5. The number of sulfone groups is 1. The molecule has 0 aliphatic carbocycles. The van der Waals surface area contributed by atoms with Gasteiger partial charge in [-0.3, -0.25) is 13.9 Å². The molecule has 7 nitrogen and oxygen atoms in total. The number of nitrogens with zero attached hydrogens (tertiary/aromatic N) is 2. The number of imidazole rings is 1. The molecule has 0 atom stereocenters. The first kappa shape index (κ1) is 19.2. The van der Waals surface area contributed by atoms with Crippen LogP contribution in [0.2, 0.25) is 5.02 Å². The minimum atomic E-state index is -3.42. The number of carbonyl (C=O) groups excluding carboxylic acids is 1. The molecule has 9 heteroatoms. The maximum absolute atomic E-state index is 12.4. The fourth-order valence-electron chi connectivity index (χ4n) is 2.84. The van der Waals surface area contributed by atoms with E-state index < -0.39 is 9.84 Å². The van der Waals surface area contributed by atoms with Crippen LogP contribution < -0.4 is 11.0 Å². The second kappa shape index (κ2) is 7.21. The van der Waals surface area contributed by atoms with Crippen LogP contribution in [0.15, 0.2) is 52.2 Å². The Hall–Kier alpha value is -2.58. The molecular formula is C18H18ClN3O4S. The van der Waals surface area contributed by atoms with Gasteiger partial charge in [0.25, 0.3) is 0 Å². The van der Waals surface area contributed by atoms with E-state index in [-0.39, 0.29) is 40.2 Å². The summed E-state index contributed by atoms with van der Waals surface area (Å²) in [5.74, 6) is -0.373. The molecule has 0 saturated heterocycles. The molecule has 0 unspecified atom stereocenters. The summed E-state index contributed by atoms with van der Waals surface area (Å²) < 4.78 is 26.4. The second-order valence-corrected chi connectivity index (χ2v) is 8.62. The van der Waals surface area contributed by atoms with Crippen molar-refractivity contribution in [2.45, 2.75) is 17.9 Å². The third-order valence-electron chi connectivity index (χ3n) is 4.25. The van der Waals surface area contributed by atoms with Gasteiger partial charge in [-0.25, -0.2) is 13.2 Å². The molecule has 142 valence electrons. The van der Waals surface area contributed by atoms with Crippen LogP contribution in [-0.4, -0.2) is 29.7 Å². The first-order valence-corrected chi connectivity index (χ1v) is 10.4. The number of para-hydroxylation sites is 2. The van der Waals surface area contributed by atoms with Crippen LogP contribution in [-0.2, 0) is 28.2 Å². The SMILES string of the molecule is Cn1c(=O)n(CCC(=O)Nc2cc(S(C)(=O)=O)ccc2Cl)c2ccccc21. The van der Waals surface area contributed by atoms with Gasteiger partial charge in [0.15, 0.2) is 9.84 Å². The van der Waals surface area contributed by atoms with Gasteiger partial charge in [-0.2, -0.15) is 0 Å². The Kier molecular flexibility index (Phi) is 5.12. The summed E-state index contributed by atoms with van der Waals surface area (Å²) >= 11 is 6.05. The van der Waals surface area contributed by atoms with Crippen LogP contribution >= 0.6 is 11.6 Å². The van der Waals surface area contributed by atoms with Gasteiger partial charge in [0.1, 0.15) is 0 Å². The van der Waals surface area contributed by atoms with Gasteiger partial charge >= 0.3 is 5.69 Å². The van der Waals surface area contributed by atoms with Crippen LogP contribution in [0.1, 0.15) is 6.42 Å². The van der Waals surface area contributed by atoms with Crippen LogP contribution in [0.3, 0.4) is 0 Å². The minimum Gasteiger partial charge on any atom is -0.325 e. The van der Waals surface area contributed by atoms with Crippen molar-refractivity contribution >= 4 is 44.1 Å². The van der Waals surface area contributed by atoms with Crippen LogP contribution in [0.25, 0.3) is 11.0 Å². The van der Waals surface area contributed by atoms with Gasteiger partial charge in [0.05, 0.1) is 26.6 Å². The number of fused-ring (bicyclic) bond motifs is 1. The largest absolute Gasteiger partial charge is 0.328 e. The number of aromatic nitrogens is 2. The van der Waals surface area contributed by atoms with Crippen molar-refractivity contribution < 1.29 is 13.2 Å². The summed E-state index contributed by atoms with van der Waals surface area (Å²) in [5.41, 5.74) is 1.54. The predicted molar refractivity (Wildman–Crippen MR) is 105 cm³/mol. The number of hydrogen-bond acceptors (Lipinski definition) is 4. The Morgan fingerprint density at radius 2 is 1.81 bits per heavy atom. The average molecular weight is 408 g/mol. The molecule has 2 aromatic carbocycles. The Morgan fingerprint density at radius 1 is 1.15 bits per heavy atom. The first-order valence-electron chi connectivity index (χ1n) is 8.12. The van der Waals surface area contributed by atoms with Gasteiger partial charge in [0.2, 0.25) is 5.91 Å². The van der Waals surface area contributed by atoms with Gasteiger partial charge < -0.3 is 5.32 Å². The second-order valence-electron chi connectivity index (χ2n) is 6.19. The van der Waals surface area contributed by atoms with E-state index >= 15 is 0 Å². The van der Waals surface area contributed by atoms with Crippen molar-refractivity contribution in [1.29, 1.82) is 0 Å². The number of hydrogen-bond donors (Lipinski definition) is 1. The average Bonchev–Trinajstić information content (AvgIpc) is 2.85. The predicted octanol–water partition coefficient (Wildman–Crippen LogP) is 2.43. The zero-order valence-electron chi connectivity index (χ0n) is 14.8. The molecule has 3 rings (SSSR count). The summed E-state index contributed by atoms with van der Waals surface area (Å²) in [6, 6.07) is 11.4. The van der Waals surface area contributed by atoms with E-state index in [1.807, 2.05) is 24.3 Å². The smallest absolute Gasteiger partial charge is 0.325 e. The highest BCUT2D eigenvalue weighted by atomic mass is 35.5. The number of anilines is 1. The van der Waals surface area contributed by atoms with E-state index in [1.54, 1.807) is 7.05 Å². The third-order valence-corrected chi connectivity index (χ3v) is 5.69. The lowest BCUT2D eigenvalue weighted by atomic mass is 10.3. The molecule has 1 heterocycles. The third kappa shape index (κ3) is 3.91. The summed E-state index contributed by atoms with van der Waals surface area (Å²) in [6.07, 6.45) is 1.11. The Labute approximate surface area is 161 Å². The van der Waals surface area contributed by atoms with Gasteiger partial charge in [-0.05, 0) is 30.3 Å². The number of amides is 1. The van der Waals surface area contributed by atoms with Crippen molar-refractivity contribution in [3.05, 3.63) is 58.0 Å². The molecule has 0 fully saturated rings. The van der Waals surface area contributed by atoms with Crippen molar-refractivity contribution in [3.63, 3.8) is 0 Å². The maximum Gasteiger partial charge on any atom is 0.328 e. The summed E-state index contributed by atoms with van der Waals surface area (Å²) in [7, 11) is -1.74. The molecule has 0 aliphatic rings. The minimum absolute atomic E-state index is 0.0351. The highest BCUT2D eigenvalue weighted by Gasteiger charge is 2.14. The zero-order chi connectivity index (χ0) is 19.8. The van der Waals surface area contributed by atoms with Crippen molar-refractivity contribution in [2.75, 3.05) is 11.6 Å². The number of halogens is 1. The van der Waals surface area contributed by atoms with Crippen molar-refractivity contribution in [2.24, 2.45) is 7.05 Å². The standard InChI is InChI=1S/C18H18ClN3O4S/c1-21-15-5-3-4-6-16(15)22(18(21)24)10-9-17(23)20-14-11-12(27(2,25)26)7-8-13(14)19/h3-8,11H,9-10H2,1-2H3,(H,20,23). The lowest BCUT2D eigenvalue weighted by Gasteiger charge is -2.09. The van der Waals surface area contributed by atoms with Gasteiger partial charge in [-0.15, -0.1) is 0 Å². The van der Waals surface area contributed by atoms with E-state index in [0.717, 1.165) is 17.3 Å². The normalized spacial score (nSPS) is 11.7. The number of benzene rings is 2. The summed E-state index contributed by atoms with van der Waals surface area (Å²) in [6.45, 7) is 0.190. The molecule has 27 heavy (non-hydrogen) atoms.